The van der Waals surface area contributed by atoms with Gasteiger partial charge in [0, 0.05) is 10.7 Å². The summed E-state index contributed by atoms with van der Waals surface area (Å²) >= 11 is 5.68. The zero-order valence-electron chi connectivity index (χ0n) is 8.14. The third kappa shape index (κ3) is 3.06. The SMILES string of the molecule is Cc1cc(F)c(Cl)c(CS(=O)(=O)Cl)c1C. The van der Waals surface area contributed by atoms with Crippen LogP contribution in [0.5, 0.6) is 0 Å². The van der Waals surface area contributed by atoms with Crippen LogP contribution in [0, 0.1) is 19.7 Å². The lowest BCUT2D eigenvalue weighted by Gasteiger charge is -2.10. The van der Waals surface area contributed by atoms with Crippen LogP contribution in [0.15, 0.2) is 6.07 Å². The summed E-state index contributed by atoms with van der Waals surface area (Å²) in [5, 5.41) is -0.178. The van der Waals surface area contributed by atoms with Crippen molar-refractivity contribution in [2.24, 2.45) is 0 Å². The first-order chi connectivity index (χ1) is 6.72. The van der Waals surface area contributed by atoms with Crippen LogP contribution in [0.1, 0.15) is 16.7 Å². The summed E-state index contributed by atoms with van der Waals surface area (Å²) < 4.78 is 35.0. The normalized spacial score (nSPS) is 11.8. The Labute approximate surface area is 97.4 Å². The first kappa shape index (κ1) is 12.7. The van der Waals surface area contributed by atoms with Crippen LogP contribution in [-0.4, -0.2) is 8.42 Å². The molecule has 0 aliphatic heterocycles. The van der Waals surface area contributed by atoms with Crippen LogP contribution in [0.2, 0.25) is 5.02 Å². The van der Waals surface area contributed by atoms with E-state index in [2.05, 4.69) is 0 Å². The summed E-state index contributed by atoms with van der Waals surface area (Å²) in [4.78, 5) is 0. The van der Waals surface area contributed by atoms with Crippen LogP contribution in [0.3, 0.4) is 0 Å². The highest BCUT2D eigenvalue weighted by Crippen LogP contribution is 2.28. The van der Waals surface area contributed by atoms with Crippen molar-refractivity contribution in [3.05, 3.63) is 33.6 Å². The zero-order valence-corrected chi connectivity index (χ0v) is 10.5. The summed E-state index contributed by atoms with van der Waals surface area (Å²) in [5.41, 5.74) is 1.52. The Balaban J connectivity index is 3.40. The van der Waals surface area contributed by atoms with Gasteiger partial charge in [0.05, 0.1) is 10.8 Å². The van der Waals surface area contributed by atoms with Gasteiger partial charge in [-0.25, -0.2) is 12.8 Å². The fourth-order valence-electron chi connectivity index (χ4n) is 1.25. The van der Waals surface area contributed by atoms with Crippen LogP contribution in [0.4, 0.5) is 4.39 Å². The second-order valence-corrected chi connectivity index (χ2v) is 6.43. The fourth-order valence-corrected chi connectivity index (χ4v) is 2.63. The lowest BCUT2D eigenvalue weighted by molar-refractivity contribution is 0.607. The third-order valence-electron chi connectivity index (χ3n) is 2.18. The molecule has 84 valence electrons. The molecule has 0 saturated carbocycles. The molecule has 1 rings (SSSR count). The third-order valence-corrected chi connectivity index (χ3v) is 3.55. The molecule has 0 aliphatic carbocycles. The molecule has 0 aliphatic rings. The summed E-state index contributed by atoms with van der Waals surface area (Å²) in [7, 11) is 1.37. The number of rotatable bonds is 2. The number of hydrogen-bond donors (Lipinski definition) is 0. The quantitative estimate of drug-likeness (QED) is 0.774. The summed E-state index contributed by atoms with van der Waals surface area (Å²) in [6, 6.07) is 1.27. The molecule has 1 aromatic rings. The van der Waals surface area contributed by atoms with Crippen molar-refractivity contribution in [3.8, 4) is 0 Å². The van der Waals surface area contributed by atoms with Gasteiger partial charge in [0.1, 0.15) is 5.82 Å². The van der Waals surface area contributed by atoms with Crippen molar-refractivity contribution in [1.82, 2.24) is 0 Å². The molecule has 0 amide bonds. The molecule has 0 atom stereocenters. The van der Waals surface area contributed by atoms with Gasteiger partial charge in [-0.3, -0.25) is 0 Å². The predicted molar refractivity (Wildman–Crippen MR) is 59.4 cm³/mol. The molecule has 0 unspecified atom stereocenters. The number of aryl methyl sites for hydroxylation is 1. The lowest BCUT2D eigenvalue weighted by Crippen LogP contribution is -2.02. The smallest absolute Gasteiger partial charge is 0.212 e. The molecule has 1 aromatic carbocycles. The van der Waals surface area contributed by atoms with Crippen LogP contribution < -0.4 is 0 Å². The van der Waals surface area contributed by atoms with Gasteiger partial charge in [-0.05, 0) is 36.6 Å². The molecule has 0 radical (unpaired) electrons. The average Bonchev–Trinajstić information content (AvgIpc) is 2.08. The molecule has 0 fully saturated rings. The monoisotopic (exact) mass is 270 g/mol. The Bertz CT molecular complexity index is 471. The number of benzene rings is 1. The summed E-state index contributed by atoms with van der Waals surface area (Å²) in [5.74, 6) is -1.09. The Morgan fingerprint density at radius 1 is 1.40 bits per heavy atom. The van der Waals surface area contributed by atoms with Crippen molar-refractivity contribution >= 4 is 31.3 Å². The minimum absolute atomic E-state index is 0.178. The minimum atomic E-state index is -3.73. The van der Waals surface area contributed by atoms with Crippen molar-refractivity contribution in [2.45, 2.75) is 19.6 Å². The molecule has 0 spiro atoms. The van der Waals surface area contributed by atoms with E-state index < -0.39 is 20.6 Å². The van der Waals surface area contributed by atoms with Gasteiger partial charge in [-0.2, -0.15) is 0 Å². The van der Waals surface area contributed by atoms with Gasteiger partial charge in [-0.1, -0.05) is 11.6 Å². The molecule has 2 nitrogen and oxygen atoms in total. The molecular weight excluding hydrogens is 262 g/mol. The second kappa shape index (κ2) is 4.28. The first-order valence-electron chi connectivity index (χ1n) is 4.09. The van der Waals surface area contributed by atoms with Crippen LogP contribution in [0.25, 0.3) is 0 Å². The van der Waals surface area contributed by atoms with Crippen LogP contribution in [-0.2, 0) is 14.8 Å². The van der Waals surface area contributed by atoms with Crippen molar-refractivity contribution < 1.29 is 12.8 Å². The molecular formula is C9H9Cl2FO2S. The zero-order chi connectivity index (χ0) is 11.8. The molecule has 0 aromatic heterocycles. The Morgan fingerprint density at radius 3 is 2.40 bits per heavy atom. The van der Waals surface area contributed by atoms with E-state index in [1.54, 1.807) is 13.8 Å². The maximum atomic E-state index is 13.2. The maximum Gasteiger partial charge on any atom is 0.236 e. The molecule has 0 N–H and O–H groups in total. The van der Waals surface area contributed by atoms with Crippen LogP contribution >= 0.6 is 22.3 Å². The molecule has 15 heavy (non-hydrogen) atoms. The van der Waals surface area contributed by atoms with Gasteiger partial charge in [0.15, 0.2) is 0 Å². The Hall–Kier alpha value is -0.320. The van der Waals surface area contributed by atoms with Gasteiger partial charge < -0.3 is 0 Å². The molecule has 0 bridgehead atoms. The molecule has 0 heterocycles. The maximum absolute atomic E-state index is 13.2. The second-order valence-electron chi connectivity index (χ2n) is 3.28. The topological polar surface area (TPSA) is 34.1 Å². The van der Waals surface area contributed by atoms with Gasteiger partial charge >= 0.3 is 0 Å². The number of hydrogen-bond acceptors (Lipinski definition) is 2. The standard InChI is InChI=1S/C9H9Cl2FO2S/c1-5-3-8(12)9(10)7(6(5)2)4-15(11,13)14/h3H,4H2,1-2H3. The summed E-state index contributed by atoms with van der Waals surface area (Å²) in [6.07, 6.45) is 0. The van der Waals surface area contributed by atoms with E-state index in [0.717, 1.165) is 0 Å². The van der Waals surface area contributed by atoms with E-state index in [0.29, 0.717) is 11.1 Å². The van der Waals surface area contributed by atoms with E-state index in [-0.39, 0.29) is 10.6 Å². The minimum Gasteiger partial charge on any atom is -0.212 e. The lowest BCUT2D eigenvalue weighted by atomic mass is 10.0. The largest absolute Gasteiger partial charge is 0.236 e. The van der Waals surface area contributed by atoms with Crippen molar-refractivity contribution in [2.75, 3.05) is 0 Å². The number of halogens is 3. The van der Waals surface area contributed by atoms with E-state index in [1.807, 2.05) is 0 Å². The summed E-state index contributed by atoms with van der Waals surface area (Å²) in [6.45, 7) is 3.36. The van der Waals surface area contributed by atoms with Crippen molar-refractivity contribution in [1.29, 1.82) is 0 Å². The molecule has 0 saturated heterocycles. The first-order valence-corrected chi connectivity index (χ1v) is 6.94. The highest BCUT2D eigenvalue weighted by Gasteiger charge is 2.17. The van der Waals surface area contributed by atoms with E-state index in [4.69, 9.17) is 22.3 Å². The van der Waals surface area contributed by atoms with Gasteiger partial charge in [0.2, 0.25) is 9.05 Å². The predicted octanol–water partition coefficient (Wildman–Crippen LogP) is 3.16. The highest BCUT2D eigenvalue weighted by molar-refractivity contribution is 8.13. The van der Waals surface area contributed by atoms with Gasteiger partial charge in [0.25, 0.3) is 0 Å². The van der Waals surface area contributed by atoms with Crippen molar-refractivity contribution in [3.63, 3.8) is 0 Å². The van der Waals surface area contributed by atoms with E-state index in [9.17, 15) is 12.8 Å². The Kier molecular flexibility index (Phi) is 3.63. The van der Waals surface area contributed by atoms with Gasteiger partial charge in [-0.15, -0.1) is 0 Å². The highest BCUT2D eigenvalue weighted by atomic mass is 35.7. The Morgan fingerprint density at radius 2 is 1.93 bits per heavy atom. The van der Waals surface area contributed by atoms with E-state index in [1.165, 1.54) is 6.07 Å². The van der Waals surface area contributed by atoms with E-state index >= 15 is 0 Å². The average molecular weight is 271 g/mol. The molecule has 6 heteroatoms. The fraction of sp³-hybridized carbons (Fsp3) is 0.333.